The molecule has 26 heavy (non-hydrogen) atoms. The lowest BCUT2D eigenvalue weighted by Crippen LogP contribution is -2.55. The van der Waals surface area contributed by atoms with E-state index in [0.29, 0.717) is 19.4 Å². The summed E-state index contributed by atoms with van der Waals surface area (Å²) in [7, 11) is 0. The molecule has 0 radical (unpaired) electrons. The third-order valence-corrected chi connectivity index (χ3v) is 5.13. The van der Waals surface area contributed by atoms with E-state index in [4.69, 9.17) is 5.73 Å². The van der Waals surface area contributed by atoms with E-state index in [1.807, 2.05) is 6.92 Å². The average molecular weight is 361 g/mol. The summed E-state index contributed by atoms with van der Waals surface area (Å²) in [4.78, 5) is 56.6. The zero-order chi connectivity index (χ0) is 18.8. The van der Waals surface area contributed by atoms with Crippen LogP contribution in [0.5, 0.6) is 0 Å². The van der Waals surface area contributed by atoms with Gasteiger partial charge in [0.25, 0.3) is 0 Å². The fraction of sp³-hybridized carbons (Fsp3) is 0.588. The van der Waals surface area contributed by atoms with Gasteiger partial charge in [0.05, 0.1) is 18.3 Å². The molecular weight excluding hydrogens is 338 g/mol. The van der Waals surface area contributed by atoms with Gasteiger partial charge < -0.3 is 15.6 Å². The van der Waals surface area contributed by atoms with E-state index in [1.54, 1.807) is 6.20 Å². The Kier molecular flexibility index (Phi) is 5.17. The second kappa shape index (κ2) is 7.36. The van der Waals surface area contributed by atoms with Gasteiger partial charge in [0, 0.05) is 37.7 Å². The first-order valence-electron chi connectivity index (χ1n) is 8.76. The van der Waals surface area contributed by atoms with E-state index in [9.17, 15) is 19.2 Å². The minimum Gasteiger partial charge on any atom is -0.348 e. The first-order valence-corrected chi connectivity index (χ1v) is 8.76. The topological polar surface area (TPSA) is 138 Å². The third kappa shape index (κ3) is 3.67. The first kappa shape index (κ1) is 18.2. The lowest BCUT2D eigenvalue weighted by atomic mass is 9.83. The molecule has 1 unspecified atom stereocenters. The van der Waals surface area contributed by atoms with Crippen molar-refractivity contribution in [3.63, 3.8) is 0 Å². The van der Waals surface area contributed by atoms with Gasteiger partial charge >= 0.3 is 0 Å². The molecule has 1 aromatic rings. The molecular formula is C17H23N5O4. The van der Waals surface area contributed by atoms with Gasteiger partial charge in [-0.25, -0.2) is 4.98 Å². The molecule has 2 aliphatic rings. The number of aromatic amines is 1. The highest BCUT2D eigenvalue weighted by molar-refractivity contribution is 6.05. The van der Waals surface area contributed by atoms with Gasteiger partial charge in [-0.3, -0.25) is 24.5 Å². The average Bonchev–Trinajstić information content (AvgIpc) is 3.20. The Morgan fingerprint density at radius 1 is 1.38 bits per heavy atom. The number of aromatic nitrogens is 2. The van der Waals surface area contributed by atoms with Crippen LogP contribution in [0.25, 0.3) is 0 Å². The molecule has 1 saturated heterocycles. The second-order valence-electron chi connectivity index (χ2n) is 7.13. The molecule has 3 amide bonds. The number of nitrogens with zero attached hydrogens (tertiary/aromatic N) is 2. The number of nitrogens with two attached hydrogens (primary N) is 1. The molecule has 2 fully saturated rings. The minimum atomic E-state index is -0.795. The number of Topliss-reactive ketones (excluding diaryl/α,β-unsaturated/α-hetero) is 1. The number of hydrogen-bond donors (Lipinski definition) is 3. The van der Waals surface area contributed by atoms with Gasteiger partial charge in [-0.2, -0.15) is 0 Å². The Morgan fingerprint density at radius 2 is 2.12 bits per heavy atom. The first-order chi connectivity index (χ1) is 12.4. The normalized spacial score (nSPS) is 24.2. The summed E-state index contributed by atoms with van der Waals surface area (Å²) >= 11 is 0. The SMILES string of the molecule is CC1CCN(C(=O)[C@@H](N)Cc2cnc[nH]2)[C@@H]1C(=O)NC(=O)C1CC(=O)C1. The molecule has 0 bridgehead atoms. The largest absolute Gasteiger partial charge is 0.348 e. The Morgan fingerprint density at radius 3 is 2.73 bits per heavy atom. The fourth-order valence-electron chi connectivity index (χ4n) is 3.50. The van der Waals surface area contributed by atoms with Crippen molar-refractivity contribution in [1.29, 1.82) is 0 Å². The number of hydrogen-bond acceptors (Lipinski definition) is 6. The number of amides is 3. The number of nitrogens with one attached hydrogen (secondary N) is 2. The number of carbonyl (C=O) groups excluding carboxylic acids is 4. The van der Waals surface area contributed by atoms with E-state index in [2.05, 4.69) is 15.3 Å². The highest BCUT2D eigenvalue weighted by Gasteiger charge is 2.42. The Labute approximate surface area is 150 Å². The summed E-state index contributed by atoms with van der Waals surface area (Å²) < 4.78 is 0. The Hall–Kier alpha value is -2.55. The van der Waals surface area contributed by atoms with Gasteiger partial charge in [-0.1, -0.05) is 6.92 Å². The summed E-state index contributed by atoms with van der Waals surface area (Å²) in [6, 6.07) is -1.52. The van der Waals surface area contributed by atoms with Crippen LogP contribution in [-0.2, 0) is 25.6 Å². The highest BCUT2D eigenvalue weighted by atomic mass is 16.2. The molecule has 3 rings (SSSR count). The molecule has 0 aromatic carbocycles. The van der Waals surface area contributed by atoms with Gasteiger partial charge in [0.1, 0.15) is 11.8 Å². The summed E-state index contributed by atoms with van der Waals surface area (Å²) in [5, 5.41) is 2.36. The lowest BCUT2D eigenvalue weighted by Gasteiger charge is -2.29. The van der Waals surface area contributed by atoms with Crippen LogP contribution >= 0.6 is 0 Å². The van der Waals surface area contributed by atoms with Crippen LogP contribution in [0.2, 0.25) is 0 Å². The van der Waals surface area contributed by atoms with Crippen molar-refractivity contribution in [1.82, 2.24) is 20.2 Å². The van der Waals surface area contributed by atoms with Crippen molar-refractivity contribution in [2.24, 2.45) is 17.6 Å². The van der Waals surface area contributed by atoms with Crippen LogP contribution in [-0.4, -0.2) is 57.0 Å². The molecule has 3 atom stereocenters. The van der Waals surface area contributed by atoms with E-state index >= 15 is 0 Å². The maximum absolute atomic E-state index is 12.7. The zero-order valence-corrected chi connectivity index (χ0v) is 14.6. The summed E-state index contributed by atoms with van der Waals surface area (Å²) in [6.45, 7) is 2.29. The van der Waals surface area contributed by atoms with Crippen molar-refractivity contribution >= 4 is 23.5 Å². The number of rotatable bonds is 5. The quantitative estimate of drug-likeness (QED) is 0.583. The third-order valence-electron chi connectivity index (χ3n) is 5.13. The molecule has 1 aliphatic carbocycles. The van der Waals surface area contributed by atoms with Gasteiger partial charge in [0.2, 0.25) is 17.7 Å². The maximum Gasteiger partial charge on any atom is 0.249 e. The van der Waals surface area contributed by atoms with Crippen molar-refractivity contribution in [3.8, 4) is 0 Å². The van der Waals surface area contributed by atoms with Gasteiger partial charge in [0.15, 0.2) is 0 Å². The number of likely N-dealkylation sites (tertiary alicyclic amines) is 1. The van der Waals surface area contributed by atoms with Crippen LogP contribution in [0, 0.1) is 11.8 Å². The lowest BCUT2D eigenvalue weighted by molar-refractivity contribution is -0.145. The number of H-pyrrole nitrogens is 1. The summed E-state index contributed by atoms with van der Waals surface area (Å²) in [5.41, 5.74) is 6.76. The molecule has 1 aliphatic heterocycles. The van der Waals surface area contributed by atoms with E-state index < -0.39 is 29.8 Å². The van der Waals surface area contributed by atoms with Gasteiger partial charge in [-0.05, 0) is 12.3 Å². The van der Waals surface area contributed by atoms with Crippen LogP contribution in [0.15, 0.2) is 12.5 Å². The number of imidazole rings is 1. The minimum absolute atomic E-state index is 0.0217. The molecule has 4 N–H and O–H groups in total. The number of ketones is 1. The van der Waals surface area contributed by atoms with Crippen LogP contribution in [0.3, 0.4) is 0 Å². The smallest absolute Gasteiger partial charge is 0.249 e. The van der Waals surface area contributed by atoms with Crippen molar-refractivity contribution in [3.05, 3.63) is 18.2 Å². The standard InChI is InChI=1S/C17H23N5O4/c1-9-2-3-22(17(26)13(18)6-11-7-19-8-20-11)14(9)16(25)21-15(24)10-4-12(23)5-10/h7-10,13-14H,2-6,18H2,1H3,(H,19,20)(H,21,24,25)/t9?,13-,14-/m0/s1. The van der Waals surface area contributed by atoms with E-state index in [0.717, 1.165) is 5.69 Å². The molecule has 0 spiro atoms. The maximum atomic E-state index is 12.7. The summed E-state index contributed by atoms with van der Waals surface area (Å²) in [6.07, 6.45) is 4.42. The van der Waals surface area contributed by atoms with Crippen molar-refractivity contribution in [2.45, 2.75) is 44.7 Å². The Balaban J connectivity index is 1.62. The van der Waals surface area contributed by atoms with Gasteiger partial charge in [-0.15, -0.1) is 0 Å². The zero-order valence-electron chi connectivity index (χ0n) is 14.6. The molecule has 2 heterocycles. The predicted octanol–water partition coefficient (Wildman–Crippen LogP) is -0.862. The molecule has 1 saturated carbocycles. The second-order valence-corrected chi connectivity index (χ2v) is 7.13. The van der Waals surface area contributed by atoms with E-state index in [1.165, 1.54) is 11.2 Å². The molecule has 9 heteroatoms. The van der Waals surface area contributed by atoms with Crippen molar-refractivity contribution < 1.29 is 19.2 Å². The molecule has 9 nitrogen and oxygen atoms in total. The highest BCUT2D eigenvalue weighted by Crippen LogP contribution is 2.26. The summed E-state index contributed by atoms with van der Waals surface area (Å²) in [5.74, 6) is -1.75. The molecule has 140 valence electrons. The number of carbonyl (C=O) groups is 4. The predicted molar refractivity (Wildman–Crippen MR) is 90.4 cm³/mol. The van der Waals surface area contributed by atoms with Crippen LogP contribution in [0.4, 0.5) is 0 Å². The molecule has 1 aromatic heterocycles. The van der Waals surface area contributed by atoms with Crippen molar-refractivity contribution in [2.75, 3.05) is 6.54 Å². The number of imide groups is 1. The van der Waals surface area contributed by atoms with E-state index in [-0.39, 0.29) is 30.4 Å². The monoisotopic (exact) mass is 361 g/mol. The van der Waals surface area contributed by atoms with Crippen LogP contribution < -0.4 is 11.1 Å². The van der Waals surface area contributed by atoms with Crippen LogP contribution in [0.1, 0.15) is 31.9 Å². The fourth-order valence-corrected chi connectivity index (χ4v) is 3.50. The Bertz CT molecular complexity index is 709.